The number of rotatable bonds is 8. The van der Waals surface area contributed by atoms with E-state index >= 15 is 0 Å². The summed E-state index contributed by atoms with van der Waals surface area (Å²) in [6, 6.07) is 9.07. The molecule has 2 atom stereocenters. The van der Waals surface area contributed by atoms with Crippen molar-refractivity contribution in [1.29, 1.82) is 0 Å². The van der Waals surface area contributed by atoms with Gasteiger partial charge in [-0.05, 0) is 56.5 Å². The Labute approximate surface area is 130 Å². The van der Waals surface area contributed by atoms with Crippen molar-refractivity contribution < 1.29 is 0 Å². The second-order valence-electron chi connectivity index (χ2n) is 6.46. The third-order valence-corrected chi connectivity index (χ3v) is 4.26. The van der Waals surface area contributed by atoms with E-state index < -0.39 is 0 Å². The molecule has 20 heavy (non-hydrogen) atoms. The van der Waals surface area contributed by atoms with Crippen molar-refractivity contribution >= 4 is 11.6 Å². The molecule has 0 spiro atoms. The Morgan fingerprint density at radius 3 is 2.15 bits per heavy atom. The molecule has 0 N–H and O–H groups in total. The van der Waals surface area contributed by atoms with Gasteiger partial charge in [0.1, 0.15) is 0 Å². The minimum atomic E-state index is 0.600. The van der Waals surface area contributed by atoms with Gasteiger partial charge in [-0.25, -0.2) is 0 Å². The number of hydrogen-bond acceptors (Lipinski definition) is 1. The highest BCUT2D eigenvalue weighted by molar-refractivity contribution is 6.30. The second kappa shape index (κ2) is 8.69. The van der Waals surface area contributed by atoms with Gasteiger partial charge < -0.3 is 4.90 Å². The Balaban J connectivity index is 2.98. The summed E-state index contributed by atoms with van der Waals surface area (Å²) < 4.78 is 0. The third-order valence-electron chi connectivity index (χ3n) is 4.01. The van der Waals surface area contributed by atoms with Crippen LogP contribution in [0, 0.1) is 5.92 Å². The lowest BCUT2D eigenvalue weighted by atomic mass is 9.82. The summed E-state index contributed by atoms with van der Waals surface area (Å²) in [5, 5.41) is 0.827. The molecule has 114 valence electrons. The molecule has 0 amide bonds. The summed E-state index contributed by atoms with van der Waals surface area (Å²) in [4.78, 5) is 2.40. The molecule has 2 unspecified atom stereocenters. The van der Waals surface area contributed by atoms with Crippen molar-refractivity contribution in [2.45, 2.75) is 58.4 Å². The van der Waals surface area contributed by atoms with Gasteiger partial charge in [-0.2, -0.15) is 0 Å². The first-order valence-corrected chi connectivity index (χ1v) is 8.25. The van der Waals surface area contributed by atoms with E-state index in [4.69, 9.17) is 11.6 Å². The first kappa shape index (κ1) is 17.5. The van der Waals surface area contributed by atoms with Gasteiger partial charge in [0.2, 0.25) is 0 Å². The molecule has 0 saturated carbocycles. The number of nitrogens with zero attached hydrogens (tertiary/aromatic N) is 1. The minimum absolute atomic E-state index is 0.600. The fraction of sp³-hybridized carbons (Fsp3) is 0.667. The number of unbranched alkanes of at least 4 members (excludes halogenated alkanes) is 1. The monoisotopic (exact) mass is 295 g/mol. The summed E-state index contributed by atoms with van der Waals surface area (Å²) in [7, 11) is 4.42. The summed E-state index contributed by atoms with van der Waals surface area (Å²) in [6.07, 6.45) is 5.04. The van der Waals surface area contributed by atoms with E-state index in [9.17, 15) is 0 Å². The molecule has 0 saturated heterocycles. The molecule has 0 aliphatic rings. The van der Waals surface area contributed by atoms with Crippen molar-refractivity contribution in [2.24, 2.45) is 5.92 Å². The average molecular weight is 296 g/mol. The highest BCUT2D eigenvalue weighted by atomic mass is 35.5. The van der Waals surface area contributed by atoms with E-state index in [1.807, 2.05) is 12.1 Å². The molecule has 0 radical (unpaired) electrons. The van der Waals surface area contributed by atoms with Gasteiger partial charge in [-0.3, -0.25) is 0 Å². The van der Waals surface area contributed by atoms with Crippen molar-refractivity contribution in [3.05, 3.63) is 34.9 Å². The fourth-order valence-electron chi connectivity index (χ4n) is 2.93. The quantitative estimate of drug-likeness (QED) is 0.604. The van der Waals surface area contributed by atoms with Gasteiger partial charge >= 0.3 is 0 Å². The van der Waals surface area contributed by atoms with Crippen molar-refractivity contribution in [2.75, 3.05) is 14.1 Å². The zero-order valence-electron chi connectivity index (χ0n) is 13.7. The molecular formula is C18H30ClN. The molecule has 1 nitrogen and oxygen atoms in total. The summed E-state index contributed by atoms with van der Waals surface area (Å²) in [5.74, 6) is 1.32. The first-order valence-electron chi connectivity index (χ1n) is 7.87. The number of benzene rings is 1. The molecule has 1 aromatic rings. The Bertz CT molecular complexity index is 370. The van der Waals surface area contributed by atoms with Crippen LogP contribution in [0.15, 0.2) is 24.3 Å². The lowest BCUT2D eigenvalue weighted by molar-refractivity contribution is 0.210. The van der Waals surface area contributed by atoms with Crippen LogP contribution in [-0.4, -0.2) is 25.0 Å². The topological polar surface area (TPSA) is 3.24 Å². The molecule has 2 heteroatoms. The lowest BCUT2D eigenvalue weighted by Crippen LogP contribution is -2.35. The summed E-state index contributed by atoms with van der Waals surface area (Å²) in [5.41, 5.74) is 1.43. The van der Waals surface area contributed by atoms with Crippen LogP contribution in [0.5, 0.6) is 0 Å². The summed E-state index contributed by atoms with van der Waals surface area (Å²) in [6.45, 7) is 6.90. The van der Waals surface area contributed by atoms with Gasteiger partial charge in [-0.15, -0.1) is 0 Å². The van der Waals surface area contributed by atoms with E-state index in [0.29, 0.717) is 12.0 Å². The van der Waals surface area contributed by atoms with Gasteiger partial charge in [0.05, 0.1) is 0 Å². The lowest BCUT2D eigenvalue weighted by Gasteiger charge is -2.34. The van der Waals surface area contributed by atoms with E-state index in [1.165, 1.54) is 31.2 Å². The van der Waals surface area contributed by atoms with E-state index in [-0.39, 0.29) is 0 Å². The average Bonchev–Trinajstić information content (AvgIpc) is 2.39. The molecule has 0 aromatic heterocycles. The number of hydrogen-bond donors (Lipinski definition) is 0. The largest absolute Gasteiger partial charge is 0.306 e. The molecular weight excluding hydrogens is 266 g/mol. The zero-order valence-corrected chi connectivity index (χ0v) is 14.5. The SMILES string of the molecule is CCCCC(c1ccc(Cl)cc1)C(CC(C)C)N(C)C. The van der Waals surface area contributed by atoms with Gasteiger partial charge in [0.15, 0.2) is 0 Å². The predicted molar refractivity (Wildman–Crippen MR) is 90.6 cm³/mol. The van der Waals surface area contributed by atoms with E-state index in [1.54, 1.807) is 0 Å². The summed E-state index contributed by atoms with van der Waals surface area (Å²) >= 11 is 6.04. The van der Waals surface area contributed by atoms with Gasteiger partial charge in [-0.1, -0.05) is 57.3 Å². The molecule has 0 bridgehead atoms. The van der Waals surface area contributed by atoms with Crippen molar-refractivity contribution in [3.63, 3.8) is 0 Å². The maximum absolute atomic E-state index is 6.04. The Hall–Kier alpha value is -0.530. The van der Waals surface area contributed by atoms with Crippen molar-refractivity contribution in [3.8, 4) is 0 Å². The van der Waals surface area contributed by atoms with Crippen molar-refractivity contribution in [1.82, 2.24) is 4.90 Å². The van der Waals surface area contributed by atoms with E-state index in [2.05, 4.69) is 51.9 Å². The van der Waals surface area contributed by atoms with Crippen LogP contribution in [0.2, 0.25) is 5.02 Å². The van der Waals surface area contributed by atoms with Crippen LogP contribution in [0.3, 0.4) is 0 Å². The zero-order chi connectivity index (χ0) is 15.1. The molecule has 0 aliphatic heterocycles. The minimum Gasteiger partial charge on any atom is -0.306 e. The maximum Gasteiger partial charge on any atom is 0.0406 e. The second-order valence-corrected chi connectivity index (χ2v) is 6.90. The standard InChI is InChI=1S/C18H30ClN/c1-6-7-8-17(15-9-11-16(19)12-10-15)18(20(4)5)13-14(2)3/h9-12,14,17-18H,6-8,13H2,1-5H3. The Kier molecular flexibility index (Phi) is 7.61. The van der Waals surface area contributed by atoms with Crippen LogP contribution in [-0.2, 0) is 0 Å². The van der Waals surface area contributed by atoms with Crippen LogP contribution >= 0.6 is 11.6 Å². The first-order chi connectivity index (χ1) is 9.45. The fourth-order valence-corrected chi connectivity index (χ4v) is 3.06. The van der Waals surface area contributed by atoms with Crippen LogP contribution in [0.1, 0.15) is 57.9 Å². The highest BCUT2D eigenvalue weighted by Crippen LogP contribution is 2.32. The molecule has 0 aliphatic carbocycles. The molecule has 0 heterocycles. The van der Waals surface area contributed by atoms with Crippen LogP contribution in [0.4, 0.5) is 0 Å². The normalized spacial score (nSPS) is 14.8. The van der Waals surface area contributed by atoms with Gasteiger partial charge in [0, 0.05) is 11.1 Å². The highest BCUT2D eigenvalue weighted by Gasteiger charge is 2.25. The van der Waals surface area contributed by atoms with Crippen LogP contribution in [0.25, 0.3) is 0 Å². The molecule has 1 rings (SSSR count). The number of likely N-dealkylation sites (N-methyl/N-ethyl adjacent to an activating group) is 1. The van der Waals surface area contributed by atoms with Gasteiger partial charge in [0.25, 0.3) is 0 Å². The van der Waals surface area contributed by atoms with Crippen LogP contribution < -0.4 is 0 Å². The molecule has 1 aromatic carbocycles. The maximum atomic E-state index is 6.04. The Morgan fingerprint density at radius 2 is 1.70 bits per heavy atom. The number of halogens is 1. The Morgan fingerprint density at radius 1 is 1.10 bits per heavy atom. The smallest absolute Gasteiger partial charge is 0.0406 e. The van der Waals surface area contributed by atoms with E-state index in [0.717, 1.165) is 10.9 Å². The molecule has 0 fully saturated rings. The predicted octanol–water partition coefficient (Wildman–Crippen LogP) is 5.59. The third kappa shape index (κ3) is 5.46.